The number of benzene rings is 1. The van der Waals surface area contributed by atoms with Gasteiger partial charge in [-0.2, -0.15) is 0 Å². The number of carbonyl (C=O) groups is 1. The van der Waals surface area contributed by atoms with E-state index in [0.29, 0.717) is 23.9 Å². The molecule has 1 N–H and O–H groups in total. The highest BCUT2D eigenvalue weighted by Gasteiger charge is 2.26. The number of hydrogen-bond donors (Lipinski definition) is 1. The highest BCUT2D eigenvalue weighted by atomic mass is 16.5. The molecule has 5 heteroatoms. The third kappa shape index (κ3) is 4.67. The zero-order chi connectivity index (χ0) is 22.5. The summed E-state index contributed by atoms with van der Waals surface area (Å²) in [6.07, 6.45) is 12.7. The topological polar surface area (TPSA) is 64.4 Å². The van der Waals surface area contributed by atoms with Gasteiger partial charge in [-0.05, 0) is 54.9 Å². The first-order valence-electron chi connectivity index (χ1n) is 12.0. The molecule has 1 aliphatic carbocycles. The molecule has 1 atom stereocenters. The quantitative estimate of drug-likeness (QED) is 0.319. The minimum atomic E-state index is -0.868. The second kappa shape index (κ2) is 10.2. The number of aromatic carboxylic acids is 1. The summed E-state index contributed by atoms with van der Waals surface area (Å²) in [6.45, 7) is 2.88. The molecule has 0 bridgehead atoms. The van der Waals surface area contributed by atoms with Crippen LogP contribution in [-0.2, 0) is 19.4 Å². The highest BCUT2D eigenvalue weighted by molar-refractivity contribution is 6.04. The fraction of sp³-hybridized carbons (Fsp3) is 0.481. The van der Waals surface area contributed by atoms with Gasteiger partial charge in [0.2, 0.25) is 5.88 Å². The molecule has 32 heavy (non-hydrogen) atoms. The Kier molecular flexibility index (Phi) is 7.13. The predicted molar refractivity (Wildman–Crippen MR) is 128 cm³/mol. The van der Waals surface area contributed by atoms with E-state index in [-0.39, 0.29) is 0 Å². The molecule has 1 unspecified atom stereocenters. The second-order valence-electron chi connectivity index (χ2n) is 9.04. The SMILES string of the molecule is CCCCCCC1CCCc2c(n(Cc3ccnc(OC)c3)c3c(C(=O)O)cccc23)C1. The molecular formula is C27H34N2O3. The number of fused-ring (bicyclic) bond motifs is 3. The summed E-state index contributed by atoms with van der Waals surface area (Å²) in [6, 6.07) is 9.66. The Labute approximate surface area is 190 Å². The number of carboxylic acids is 1. The van der Waals surface area contributed by atoms with Crippen LogP contribution in [-0.4, -0.2) is 27.7 Å². The van der Waals surface area contributed by atoms with Gasteiger partial charge in [0.25, 0.3) is 0 Å². The van der Waals surface area contributed by atoms with Crippen molar-refractivity contribution in [3.63, 3.8) is 0 Å². The average Bonchev–Trinajstić information content (AvgIpc) is 2.95. The molecule has 0 radical (unpaired) electrons. The lowest BCUT2D eigenvalue weighted by molar-refractivity contribution is 0.0698. The number of ether oxygens (including phenoxy) is 1. The monoisotopic (exact) mass is 434 g/mol. The maximum absolute atomic E-state index is 12.1. The number of methoxy groups -OCH3 is 1. The molecule has 2 heterocycles. The van der Waals surface area contributed by atoms with Crippen molar-refractivity contribution in [2.45, 2.75) is 71.3 Å². The normalized spacial score (nSPS) is 16.0. The lowest BCUT2D eigenvalue weighted by Crippen LogP contribution is -2.12. The van der Waals surface area contributed by atoms with E-state index >= 15 is 0 Å². The summed E-state index contributed by atoms with van der Waals surface area (Å²) in [4.78, 5) is 16.4. The van der Waals surface area contributed by atoms with Gasteiger partial charge in [-0.1, -0.05) is 51.2 Å². The lowest BCUT2D eigenvalue weighted by Gasteiger charge is -2.18. The van der Waals surface area contributed by atoms with E-state index in [1.54, 1.807) is 19.4 Å². The number of aryl methyl sites for hydroxylation is 1. The summed E-state index contributed by atoms with van der Waals surface area (Å²) in [5.41, 5.74) is 4.98. The third-order valence-corrected chi connectivity index (χ3v) is 6.87. The van der Waals surface area contributed by atoms with E-state index in [2.05, 4.69) is 22.5 Å². The third-order valence-electron chi connectivity index (χ3n) is 6.87. The Hall–Kier alpha value is -2.82. The van der Waals surface area contributed by atoms with Crippen LogP contribution in [0.25, 0.3) is 10.9 Å². The van der Waals surface area contributed by atoms with E-state index < -0.39 is 5.97 Å². The summed E-state index contributed by atoms with van der Waals surface area (Å²) < 4.78 is 7.59. The number of para-hydroxylation sites is 1. The molecule has 170 valence electrons. The molecule has 0 saturated carbocycles. The molecule has 0 fully saturated rings. The number of unbranched alkanes of at least 4 members (excludes halogenated alkanes) is 3. The number of carboxylic acid groups (broad SMARTS) is 1. The van der Waals surface area contributed by atoms with Crippen molar-refractivity contribution < 1.29 is 14.6 Å². The van der Waals surface area contributed by atoms with Crippen LogP contribution >= 0.6 is 0 Å². The Bertz CT molecular complexity index is 1090. The van der Waals surface area contributed by atoms with Gasteiger partial charge < -0.3 is 14.4 Å². The summed E-state index contributed by atoms with van der Waals surface area (Å²) >= 11 is 0. The summed E-state index contributed by atoms with van der Waals surface area (Å²) in [7, 11) is 1.62. The number of pyridine rings is 1. The second-order valence-corrected chi connectivity index (χ2v) is 9.04. The van der Waals surface area contributed by atoms with Gasteiger partial charge in [-0.25, -0.2) is 9.78 Å². The summed E-state index contributed by atoms with van der Waals surface area (Å²) in [5.74, 6) is 0.377. The molecule has 1 aliphatic rings. The fourth-order valence-corrected chi connectivity index (χ4v) is 5.28. The van der Waals surface area contributed by atoms with Gasteiger partial charge in [-0.3, -0.25) is 0 Å². The number of hydrogen-bond acceptors (Lipinski definition) is 3. The van der Waals surface area contributed by atoms with Crippen molar-refractivity contribution in [2.75, 3.05) is 7.11 Å². The standard InChI is InChI=1S/C27H34N2O3/c1-3-4-5-6-9-19-10-7-11-21-22-12-8-13-23(27(30)31)26(22)29(24(21)16-19)18-20-14-15-28-25(17-20)32-2/h8,12-15,17,19H,3-7,9-11,16,18H2,1-2H3,(H,30,31). The van der Waals surface area contributed by atoms with Gasteiger partial charge in [0, 0.05) is 29.9 Å². The van der Waals surface area contributed by atoms with Crippen LogP contribution in [0.2, 0.25) is 0 Å². The van der Waals surface area contributed by atoms with Crippen LogP contribution in [0.4, 0.5) is 0 Å². The van der Waals surface area contributed by atoms with Crippen LogP contribution in [0.15, 0.2) is 36.5 Å². The lowest BCUT2D eigenvalue weighted by atomic mass is 9.93. The van der Waals surface area contributed by atoms with E-state index in [1.165, 1.54) is 56.2 Å². The average molecular weight is 435 g/mol. The Morgan fingerprint density at radius 2 is 2.12 bits per heavy atom. The van der Waals surface area contributed by atoms with Crippen molar-refractivity contribution >= 4 is 16.9 Å². The van der Waals surface area contributed by atoms with Crippen molar-refractivity contribution in [2.24, 2.45) is 5.92 Å². The van der Waals surface area contributed by atoms with Crippen molar-refractivity contribution in [3.8, 4) is 5.88 Å². The fourth-order valence-electron chi connectivity index (χ4n) is 5.28. The minimum Gasteiger partial charge on any atom is -0.481 e. The first kappa shape index (κ1) is 22.4. The van der Waals surface area contributed by atoms with Gasteiger partial charge in [-0.15, -0.1) is 0 Å². The van der Waals surface area contributed by atoms with Crippen LogP contribution < -0.4 is 4.74 Å². The van der Waals surface area contributed by atoms with E-state index in [0.717, 1.165) is 29.3 Å². The number of rotatable bonds is 9. The molecule has 5 nitrogen and oxygen atoms in total. The zero-order valence-electron chi connectivity index (χ0n) is 19.3. The van der Waals surface area contributed by atoms with Gasteiger partial charge in [0.15, 0.2) is 0 Å². The minimum absolute atomic E-state index is 0.385. The largest absolute Gasteiger partial charge is 0.481 e. The van der Waals surface area contributed by atoms with Crippen LogP contribution in [0.5, 0.6) is 5.88 Å². The van der Waals surface area contributed by atoms with Gasteiger partial charge in [0.05, 0.1) is 18.2 Å². The molecule has 0 saturated heterocycles. The van der Waals surface area contributed by atoms with Crippen molar-refractivity contribution in [1.82, 2.24) is 9.55 Å². The van der Waals surface area contributed by atoms with Gasteiger partial charge in [0.1, 0.15) is 0 Å². The molecule has 0 aliphatic heterocycles. The molecule has 0 spiro atoms. The molecule has 0 amide bonds. The number of nitrogens with zero attached hydrogens (tertiary/aromatic N) is 2. The van der Waals surface area contributed by atoms with Crippen LogP contribution in [0.1, 0.15) is 79.0 Å². The Morgan fingerprint density at radius 3 is 2.91 bits per heavy atom. The van der Waals surface area contributed by atoms with Crippen molar-refractivity contribution in [3.05, 3.63) is 58.9 Å². The molecular weight excluding hydrogens is 400 g/mol. The molecule has 2 aromatic heterocycles. The van der Waals surface area contributed by atoms with Crippen LogP contribution in [0.3, 0.4) is 0 Å². The maximum Gasteiger partial charge on any atom is 0.337 e. The number of aromatic nitrogens is 2. The highest BCUT2D eigenvalue weighted by Crippen LogP contribution is 2.37. The van der Waals surface area contributed by atoms with E-state index in [9.17, 15) is 9.90 Å². The molecule has 3 aromatic rings. The first-order chi connectivity index (χ1) is 15.6. The molecule has 1 aromatic carbocycles. The van der Waals surface area contributed by atoms with E-state index in [4.69, 9.17) is 4.74 Å². The Morgan fingerprint density at radius 1 is 1.25 bits per heavy atom. The molecule has 4 rings (SSSR count). The van der Waals surface area contributed by atoms with Crippen molar-refractivity contribution in [1.29, 1.82) is 0 Å². The van der Waals surface area contributed by atoms with E-state index in [1.807, 2.05) is 18.2 Å². The summed E-state index contributed by atoms with van der Waals surface area (Å²) in [5, 5.41) is 11.1. The predicted octanol–water partition coefficient (Wildman–Crippen LogP) is 6.26. The zero-order valence-corrected chi connectivity index (χ0v) is 19.3. The smallest absolute Gasteiger partial charge is 0.337 e. The Balaban J connectivity index is 1.77. The van der Waals surface area contributed by atoms with Gasteiger partial charge >= 0.3 is 5.97 Å². The van der Waals surface area contributed by atoms with Crippen LogP contribution in [0, 0.1) is 5.92 Å². The first-order valence-corrected chi connectivity index (χ1v) is 12.0. The maximum atomic E-state index is 12.1.